The zero-order valence-electron chi connectivity index (χ0n) is 24.8. The first-order valence-corrected chi connectivity index (χ1v) is 15.5. The highest BCUT2D eigenvalue weighted by atomic mass is 32.2. The highest BCUT2D eigenvalue weighted by Crippen LogP contribution is 2.31. The molecular formula is C33H34F3N5O2S. The van der Waals surface area contributed by atoms with Crippen molar-refractivity contribution in [2.24, 2.45) is 10.9 Å². The first-order chi connectivity index (χ1) is 21.1. The van der Waals surface area contributed by atoms with Crippen LogP contribution in [-0.2, 0) is 11.2 Å². The molecule has 1 unspecified atom stereocenters. The van der Waals surface area contributed by atoms with Gasteiger partial charge in [0.2, 0.25) is 5.91 Å². The fourth-order valence-corrected chi connectivity index (χ4v) is 6.16. The first kappa shape index (κ1) is 31.3. The zero-order valence-corrected chi connectivity index (χ0v) is 25.7. The van der Waals surface area contributed by atoms with Gasteiger partial charge >= 0.3 is 6.36 Å². The van der Waals surface area contributed by atoms with Crippen LogP contribution in [0.5, 0.6) is 5.75 Å². The van der Waals surface area contributed by atoms with E-state index in [-0.39, 0.29) is 17.6 Å². The molecule has 4 aromatic rings. The molecule has 1 amide bonds. The lowest BCUT2D eigenvalue weighted by Gasteiger charge is -2.32. The third-order valence-electron chi connectivity index (χ3n) is 7.41. The number of halogens is 3. The van der Waals surface area contributed by atoms with Crippen LogP contribution in [0.4, 0.5) is 18.9 Å². The van der Waals surface area contributed by atoms with Crippen molar-refractivity contribution < 1.29 is 22.7 Å². The largest absolute Gasteiger partial charge is 0.573 e. The molecule has 1 fully saturated rings. The molecule has 0 aliphatic carbocycles. The predicted molar refractivity (Wildman–Crippen MR) is 168 cm³/mol. The number of carbonyl (C=O) groups is 1. The Morgan fingerprint density at radius 1 is 1.05 bits per heavy atom. The number of rotatable bonds is 9. The van der Waals surface area contributed by atoms with Gasteiger partial charge in [0.25, 0.3) is 0 Å². The molecule has 3 aromatic carbocycles. The maximum Gasteiger partial charge on any atom is 0.573 e. The van der Waals surface area contributed by atoms with Crippen LogP contribution >= 0.6 is 11.8 Å². The maximum absolute atomic E-state index is 13.0. The Balaban J connectivity index is 1.15. The van der Waals surface area contributed by atoms with Gasteiger partial charge < -0.3 is 9.64 Å². The molecule has 1 aromatic heterocycles. The van der Waals surface area contributed by atoms with E-state index in [0.29, 0.717) is 17.9 Å². The molecule has 0 spiro atoms. The van der Waals surface area contributed by atoms with Crippen LogP contribution < -0.4 is 9.64 Å². The van der Waals surface area contributed by atoms with Crippen LogP contribution in [0.15, 0.2) is 78.0 Å². The van der Waals surface area contributed by atoms with Crippen molar-refractivity contribution in [1.82, 2.24) is 14.8 Å². The molecule has 2 heterocycles. The van der Waals surface area contributed by atoms with Gasteiger partial charge in [0.05, 0.1) is 5.69 Å². The van der Waals surface area contributed by atoms with Crippen molar-refractivity contribution in [2.45, 2.75) is 52.8 Å². The standard InChI is InChI=1S/C33H34F3N5O2S/c1-22(20-29(42)38-32-40(18-5-19-44-32)30-23(2)6-4-7-24(30)3)8-9-25-10-12-26(13-11-25)31-37-21-41(39-31)27-14-16-28(17-15-27)43-33(34,35)36/h4,6-7,10-17,21-22H,5,8-9,18-20H2,1-3H3. The van der Waals surface area contributed by atoms with Gasteiger partial charge in [-0.05, 0) is 80.0 Å². The lowest BCUT2D eigenvalue weighted by atomic mass is 9.97. The number of amidine groups is 1. The smallest absolute Gasteiger partial charge is 0.406 e. The number of hydrogen-bond donors (Lipinski definition) is 0. The van der Waals surface area contributed by atoms with Crippen molar-refractivity contribution in [1.29, 1.82) is 0 Å². The van der Waals surface area contributed by atoms with E-state index >= 15 is 0 Å². The van der Waals surface area contributed by atoms with Gasteiger partial charge in [-0.15, -0.1) is 18.3 Å². The fourth-order valence-electron chi connectivity index (χ4n) is 5.20. The quantitative estimate of drug-likeness (QED) is 0.189. The minimum Gasteiger partial charge on any atom is -0.406 e. The molecule has 1 atom stereocenters. The van der Waals surface area contributed by atoms with Crippen molar-refractivity contribution in [3.05, 3.63) is 89.7 Å². The normalized spacial score (nSPS) is 15.4. The summed E-state index contributed by atoms with van der Waals surface area (Å²) in [6.45, 7) is 7.14. The number of aliphatic imine (C=N–C) groups is 1. The van der Waals surface area contributed by atoms with E-state index in [1.807, 2.05) is 24.3 Å². The summed E-state index contributed by atoms with van der Waals surface area (Å²) in [4.78, 5) is 24.1. The monoisotopic (exact) mass is 621 g/mol. The Labute approximate surface area is 259 Å². The van der Waals surface area contributed by atoms with Crippen LogP contribution in [0.2, 0.25) is 0 Å². The van der Waals surface area contributed by atoms with Gasteiger partial charge in [-0.3, -0.25) is 4.79 Å². The van der Waals surface area contributed by atoms with Crippen LogP contribution in [-0.4, -0.2) is 44.5 Å². The Morgan fingerprint density at radius 2 is 1.75 bits per heavy atom. The van der Waals surface area contributed by atoms with Gasteiger partial charge in [-0.1, -0.05) is 61.2 Å². The highest BCUT2D eigenvalue weighted by Gasteiger charge is 2.31. The third kappa shape index (κ3) is 8.07. The van der Waals surface area contributed by atoms with Gasteiger partial charge in [-0.2, -0.15) is 4.99 Å². The Bertz CT molecular complexity index is 1600. The number of alkyl halides is 3. The van der Waals surface area contributed by atoms with Crippen LogP contribution in [0, 0.1) is 19.8 Å². The number of para-hydroxylation sites is 1. The van der Waals surface area contributed by atoms with Crippen molar-refractivity contribution >= 4 is 28.5 Å². The molecule has 7 nitrogen and oxygen atoms in total. The molecule has 0 radical (unpaired) electrons. The van der Waals surface area contributed by atoms with Crippen molar-refractivity contribution in [2.75, 3.05) is 17.2 Å². The molecule has 5 rings (SSSR count). The SMILES string of the molecule is Cc1cccc(C)c1N1CCCSC1=NC(=O)CC(C)CCc1ccc(-c2ncn(-c3ccc(OC(F)(F)F)cc3)n2)cc1. The summed E-state index contributed by atoms with van der Waals surface area (Å²) in [5.41, 5.74) is 6.04. The number of ether oxygens (including phenoxy) is 1. The van der Waals surface area contributed by atoms with Gasteiger partial charge in [0.1, 0.15) is 12.1 Å². The Kier molecular flexibility index (Phi) is 9.73. The molecule has 11 heteroatoms. The summed E-state index contributed by atoms with van der Waals surface area (Å²) in [6.07, 6.45) is -0.105. The molecule has 1 saturated heterocycles. The molecule has 1 aliphatic heterocycles. The Morgan fingerprint density at radius 3 is 2.43 bits per heavy atom. The van der Waals surface area contributed by atoms with Crippen molar-refractivity contribution in [3.63, 3.8) is 0 Å². The third-order valence-corrected chi connectivity index (χ3v) is 8.47. The maximum atomic E-state index is 13.0. The molecule has 0 N–H and O–H groups in total. The van der Waals surface area contributed by atoms with E-state index < -0.39 is 6.36 Å². The molecular weight excluding hydrogens is 587 g/mol. The highest BCUT2D eigenvalue weighted by molar-refractivity contribution is 8.14. The molecule has 230 valence electrons. The lowest BCUT2D eigenvalue weighted by molar-refractivity contribution is -0.274. The summed E-state index contributed by atoms with van der Waals surface area (Å²) in [6, 6.07) is 19.6. The van der Waals surface area contributed by atoms with Gasteiger partial charge in [0.15, 0.2) is 11.0 Å². The number of nitrogens with zero attached hydrogens (tertiary/aromatic N) is 5. The number of hydrogen-bond acceptors (Lipinski definition) is 5. The van der Waals surface area contributed by atoms with Crippen molar-refractivity contribution in [3.8, 4) is 22.8 Å². The van der Waals surface area contributed by atoms with E-state index in [0.717, 1.165) is 53.5 Å². The molecule has 0 saturated carbocycles. The number of amides is 1. The summed E-state index contributed by atoms with van der Waals surface area (Å²) < 4.78 is 42.7. The Hall–Kier alpha value is -4.12. The topological polar surface area (TPSA) is 72.6 Å². The number of carbonyl (C=O) groups excluding carboxylic acids is 1. The second-order valence-corrected chi connectivity index (χ2v) is 12.0. The van der Waals surface area contributed by atoms with E-state index in [1.165, 1.54) is 46.4 Å². The average molecular weight is 622 g/mol. The van der Waals surface area contributed by atoms with E-state index in [4.69, 9.17) is 0 Å². The van der Waals surface area contributed by atoms with E-state index in [2.05, 4.69) is 63.7 Å². The van der Waals surface area contributed by atoms with Crippen LogP contribution in [0.3, 0.4) is 0 Å². The minimum absolute atomic E-state index is 0.0855. The fraction of sp³-hybridized carbons (Fsp3) is 0.333. The number of aromatic nitrogens is 3. The van der Waals surface area contributed by atoms with Crippen LogP contribution in [0.1, 0.15) is 42.9 Å². The predicted octanol–water partition coefficient (Wildman–Crippen LogP) is 7.93. The zero-order chi connectivity index (χ0) is 31.3. The average Bonchev–Trinajstić information content (AvgIpc) is 3.47. The van der Waals surface area contributed by atoms with E-state index in [1.54, 1.807) is 11.8 Å². The first-order valence-electron chi connectivity index (χ1n) is 14.5. The van der Waals surface area contributed by atoms with E-state index in [9.17, 15) is 18.0 Å². The number of aryl methyl sites for hydroxylation is 3. The minimum atomic E-state index is -4.74. The summed E-state index contributed by atoms with van der Waals surface area (Å²) >= 11 is 1.65. The van der Waals surface area contributed by atoms with Gasteiger partial charge in [-0.25, -0.2) is 9.67 Å². The summed E-state index contributed by atoms with van der Waals surface area (Å²) in [7, 11) is 0. The summed E-state index contributed by atoms with van der Waals surface area (Å²) in [5.74, 6) is 1.26. The number of anilines is 1. The number of thioether (sulfide) groups is 1. The molecule has 44 heavy (non-hydrogen) atoms. The molecule has 1 aliphatic rings. The second kappa shape index (κ2) is 13.7. The second-order valence-electron chi connectivity index (χ2n) is 11.0. The molecule has 0 bridgehead atoms. The summed E-state index contributed by atoms with van der Waals surface area (Å²) in [5, 5.41) is 5.26. The van der Waals surface area contributed by atoms with Gasteiger partial charge in [0, 0.05) is 30.0 Å². The lowest BCUT2D eigenvalue weighted by Crippen LogP contribution is -2.35. The number of benzene rings is 3. The van der Waals surface area contributed by atoms with Crippen LogP contribution in [0.25, 0.3) is 17.1 Å².